The second kappa shape index (κ2) is 15.5. The third kappa shape index (κ3) is 7.43. The molecule has 0 spiro atoms. The maximum atomic E-state index is 2.50. The molecule has 1 aliphatic carbocycles. The number of thioether (sulfide) groups is 1. The zero-order chi connectivity index (χ0) is 30.4. The average molecular weight is 751 g/mol. The minimum Gasteiger partial charge on any atom is -1.00 e. The Morgan fingerprint density at radius 2 is 1.43 bits per heavy atom. The number of nitrogens with zero attached hydrogens (tertiary/aromatic N) is 2. The number of halogens is 1. The lowest BCUT2D eigenvalue weighted by molar-refractivity contribution is -0.668. The molecule has 4 aromatic carbocycles. The molecule has 46 heavy (non-hydrogen) atoms. The van der Waals surface area contributed by atoms with E-state index in [4.69, 9.17) is 0 Å². The lowest BCUT2D eigenvalue weighted by Crippen LogP contribution is -3.00. The van der Waals surface area contributed by atoms with Gasteiger partial charge in [-0.05, 0) is 84.7 Å². The van der Waals surface area contributed by atoms with Gasteiger partial charge in [0, 0.05) is 30.0 Å². The number of aryl methyl sites for hydroxylation is 2. The number of aromatic nitrogens is 1. The standard InChI is InChI=1S/C41H39N2S2.HI/c1-31-34(23-25-40-42(29-27-32-13-4-2-5-14-32)36-19-8-10-21-38(36)44-40)17-12-18-35(31)24-26-41-43(30-28-33-15-6-3-7-16-33)37-20-9-11-22-39(37)45-41;/h2-11,13-16,19-26H,12,17-18,27-30H2,1H3;1H/q+1;/p-1. The minimum atomic E-state index is 0. The van der Waals surface area contributed by atoms with Gasteiger partial charge in [-0.25, -0.2) is 0 Å². The van der Waals surface area contributed by atoms with Crippen LogP contribution in [0.5, 0.6) is 0 Å². The predicted octanol–water partition coefficient (Wildman–Crippen LogP) is 7.57. The highest BCUT2D eigenvalue weighted by molar-refractivity contribution is 8.03. The summed E-state index contributed by atoms with van der Waals surface area (Å²) in [6.45, 7) is 4.28. The molecule has 5 heteroatoms. The molecule has 7 rings (SSSR count). The molecule has 0 bridgehead atoms. The van der Waals surface area contributed by atoms with E-state index in [-0.39, 0.29) is 24.0 Å². The molecule has 2 aliphatic rings. The molecule has 0 atom stereocenters. The van der Waals surface area contributed by atoms with Crippen molar-refractivity contribution in [2.45, 2.75) is 50.5 Å². The predicted molar refractivity (Wildman–Crippen MR) is 194 cm³/mol. The van der Waals surface area contributed by atoms with Crippen LogP contribution in [0.15, 0.2) is 154 Å². The monoisotopic (exact) mass is 750 g/mol. The van der Waals surface area contributed by atoms with E-state index >= 15 is 0 Å². The summed E-state index contributed by atoms with van der Waals surface area (Å²) in [7, 11) is 0. The van der Waals surface area contributed by atoms with Crippen LogP contribution in [0.2, 0.25) is 0 Å². The fourth-order valence-electron chi connectivity index (χ4n) is 6.40. The summed E-state index contributed by atoms with van der Waals surface area (Å²) in [5.41, 5.74) is 9.77. The zero-order valence-electron chi connectivity index (χ0n) is 26.2. The van der Waals surface area contributed by atoms with Crippen molar-refractivity contribution < 1.29 is 28.5 Å². The number of anilines is 1. The molecule has 2 nitrogen and oxygen atoms in total. The topological polar surface area (TPSA) is 7.12 Å². The van der Waals surface area contributed by atoms with Gasteiger partial charge in [0.05, 0.1) is 10.7 Å². The van der Waals surface area contributed by atoms with Gasteiger partial charge in [-0.15, -0.1) is 0 Å². The minimum absolute atomic E-state index is 0. The summed E-state index contributed by atoms with van der Waals surface area (Å²) >= 11 is 3.79. The van der Waals surface area contributed by atoms with Crippen LogP contribution >= 0.6 is 23.1 Å². The lowest BCUT2D eigenvalue weighted by atomic mass is 9.88. The molecule has 232 valence electrons. The molecule has 1 aliphatic heterocycles. The number of hydrogen-bond acceptors (Lipinski definition) is 3. The van der Waals surface area contributed by atoms with Gasteiger partial charge in [0.15, 0.2) is 6.54 Å². The van der Waals surface area contributed by atoms with E-state index in [9.17, 15) is 0 Å². The highest BCUT2D eigenvalue weighted by Crippen LogP contribution is 2.46. The number of para-hydroxylation sites is 2. The van der Waals surface area contributed by atoms with Gasteiger partial charge < -0.3 is 28.9 Å². The van der Waals surface area contributed by atoms with Crippen LogP contribution in [0, 0.1) is 0 Å². The van der Waals surface area contributed by atoms with Gasteiger partial charge >= 0.3 is 0 Å². The number of allylic oxidation sites excluding steroid dienone is 6. The van der Waals surface area contributed by atoms with E-state index in [1.807, 2.05) is 23.1 Å². The first-order chi connectivity index (χ1) is 22.2. The zero-order valence-corrected chi connectivity index (χ0v) is 30.0. The van der Waals surface area contributed by atoms with Gasteiger partial charge in [0.2, 0.25) is 5.52 Å². The maximum absolute atomic E-state index is 2.50. The van der Waals surface area contributed by atoms with Crippen LogP contribution in [0.1, 0.15) is 42.3 Å². The first-order valence-corrected chi connectivity index (χ1v) is 17.7. The summed E-state index contributed by atoms with van der Waals surface area (Å²) < 4.78 is 3.85. The Kier molecular flexibility index (Phi) is 10.9. The Bertz CT molecular complexity index is 1920. The molecule has 0 fully saturated rings. The van der Waals surface area contributed by atoms with Crippen molar-refractivity contribution in [1.29, 1.82) is 0 Å². The summed E-state index contributed by atoms with van der Waals surface area (Å²) in [5, 5.41) is 2.64. The van der Waals surface area contributed by atoms with Gasteiger partial charge in [-0.1, -0.05) is 120 Å². The smallest absolute Gasteiger partial charge is 0.262 e. The van der Waals surface area contributed by atoms with Crippen molar-refractivity contribution in [3.8, 4) is 0 Å². The van der Waals surface area contributed by atoms with Crippen molar-refractivity contribution in [1.82, 2.24) is 0 Å². The molecule has 0 N–H and O–H groups in total. The van der Waals surface area contributed by atoms with E-state index in [0.717, 1.165) is 38.8 Å². The quantitative estimate of drug-likeness (QED) is 0.113. The molecular weight excluding hydrogens is 712 g/mol. The molecule has 0 radical (unpaired) electrons. The van der Waals surface area contributed by atoms with E-state index in [1.165, 1.54) is 65.1 Å². The van der Waals surface area contributed by atoms with E-state index in [2.05, 4.69) is 150 Å². The molecule has 0 saturated carbocycles. The maximum Gasteiger partial charge on any atom is 0.262 e. The van der Waals surface area contributed by atoms with Crippen LogP contribution in [0.3, 0.4) is 0 Å². The summed E-state index contributed by atoms with van der Waals surface area (Å²) in [6.07, 6.45) is 15.0. The fourth-order valence-corrected chi connectivity index (χ4v) is 8.58. The molecular formula is C41H39IN2S2. The van der Waals surface area contributed by atoms with Crippen LogP contribution in [-0.4, -0.2) is 6.54 Å². The van der Waals surface area contributed by atoms with Crippen molar-refractivity contribution >= 4 is 45.1 Å². The number of hydrogen-bond donors (Lipinski definition) is 0. The van der Waals surface area contributed by atoms with E-state index in [1.54, 1.807) is 0 Å². The first kappa shape index (κ1) is 32.5. The van der Waals surface area contributed by atoms with Gasteiger partial charge in [-0.3, -0.25) is 0 Å². The Morgan fingerprint density at radius 1 is 0.739 bits per heavy atom. The Hall–Kier alpha value is -3.39. The fraction of sp³-hybridized carbons (Fsp3) is 0.195. The van der Waals surface area contributed by atoms with Gasteiger partial charge in [-0.2, -0.15) is 4.57 Å². The van der Waals surface area contributed by atoms with Crippen LogP contribution < -0.4 is 33.4 Å². The van der Waals surface area contributed by atoms with Crippen LogP contribution in [0.25, 0.3) is 16.3 Å². The second-order valence-electron chi connectivity index (χ2n) is 11.8. The third-order valence-electron chi connectivity index (χ3n) is 8.92. The SMILES string of the molecule is CC1=C(/C=C/c2sc3ccccc3[n+]2CCc2ccccc2)CCC/C1=C\C=C1/Sc2ccccc2N1CCc1ccccc1.[I-]. The Labute approximate surface area is 298 Å². The number of thiazole rings is 1. The first-order valence-electron chi connectivity index (χ1n) is 16.1. The van der Waals surface area contributed by atoms with Gasteiger partial charge in [0.1, 0.15) is 4.70 Å². The molecule has 0 saturated heterocycles. The summed E-state index contributed by atoms with van der Waals surface area (Å²) in [6, 6.07) is 39.3. The Balaban J connectivity index is 0.00000372. The van der Waals surface area contributed by atoms with E-state index < -0.39 is 0 Å². The number of benzene rings is 4. The molecule has 5 aromatic rings. The van der Waals surface area contributed by atoms with Crippen molar-refractivity contribution in [2.75, 3.05) is 11.4 Å². The normalized spacial score (nSPS) is 16.5. The number of rotatable bonds is 9. The number of fused-ring (bicyclic) bond motifs is 2. The molecule has 0 unspecified atom stereocenters. The lowest BCUT2D eigenvalue weighted by Gasteiger charge is -2.21. The highest BCUT2D eigenvalue weighted by Gasteiger charge is 2.24. The average Bonchev–Trinajstić information content (AvgIpc) is 3.63. The molecule has 2 heterocycles. The molecule has 0 amide bonds. The van der Waals surface area contributed by atoms with Gasteiger partial charge in [0.25, 0.3) is 5.01 Å². The second-order valence-corrected chi connectivity index (χ2v) is 13.9. The Morgan fingerprint density at radius 3 is 2.24 bits per heavy atom. The van der Waals surface area contributed by atoms with Crippen molar-refractivity contribution in [3.05, 3.63) is 165 Å². The molecule has 1 aromatic heterocycles. The third-order valence-corrected chi connectivity index (χ3v) is 11.2. The van der Waals surface area contributed by atoms with Crippen molar-refractivity contribution in [3.63, 3.8) is 0 Å². The summed E-state index contributed by atoms with van der Waals surface area (Å²) in [4.78, 5) is 3.85. The van der Waals surface area contributed by atoms with Crippen LogP contribution in [0.4, 0.5) is 5.69 Å². The highest BCUT2D eigenvalue weighted by atomic mass is 127. The summed E-state index contributed by atoms with van der Waals surface area (Å²) in [5.74, 6) is 0. The van der Waals surface area contributed by atoms with Crippen LogP contribution in [-0.2, 0) is 19.4 Å². The van der Waals surface area contributed by atoms with Crippen molar-refractivity contribution in [2.24, 2.45) is 0 Å². The largest absolute Gasteiger partial charge is 1.00 e. The van der Waals surface area contributed by atoms with E-state index in [0.29, 0.717) is 0 Å².